The van der Waals surface area contributed by atoms with Crippen LogP contribution in [0.5, 0.6) is 0 Å². The van der Waals surface area contributed by atoms with E-state index in [2.05, 4.69) is 53.1 Å². The second-order valence-electron chi connectivity index (χ2n) is 9.29. The molecule has 0 radical (unpaired) electrons. The summed E-state index contributed by atoms with van der Waals surface area (Å²) in [5, 5.41) is 16.3. The fraction of sp³-hybridized carbons (Fsp3) is 0.423. The lowest BCUT2D eigenvalue weighted by Gasteiger charge is -2.26. The Kier molecular flexibility index (Phi) is 7.49. The molecule has 3 aromatic heterocycles. The maximum atomic E-state index is 12.8. The molecule has 1 aliphatic rings. The number of carbonyl (C=O) groups is 1. The van der Waals surface area contributed by atoms with Crippen LogP contribution < -0.4 is 16.0 Å². The fourth-order valence-corrected chi connectivity index (χ4v) is 7.04. The van der Waals surface area contributed by atoms with E-state index in [1.165, 1.54) is 10.4 Å². The number of fused-ring (bicyclic) bond motifs is 2. The van der Waals surface area contributed by atoms with E-state index in [4.69, 9.17) is 9.72 Å². The first-order valence-corrected chi connectivity index (χ1v) is 13.9. The largest absolute Gasteiger partial charge is 0.383 e. The minimum absolute atomic E-state index is 0.00778. The number of hydrogen-bond donors (Lipinski definition) is 3. The Bertz CT molecular complexity index is 1370. The summed E-state index contributed by atoms with van der Waals surface area (Å²) in [6.45, 7) is 6.38. The molecule has 10 heteroatoms. The molecule has 0 spiro atoms. The minimum atomic E-state index is 0.00778. The molecule has 4 heterocycles. The van der Waals surface area contributed by atoms with Gasteiger partial charge in [-0.2, -0.15) is 5.10 Å². The van der Waals surface area contributed by atoms with E-state index in [-0.39, 0.29) is 11.9 Å². The number of anilines is 1. The molecule has 0 saturated carbocycles. The van der Waals surface area contributed by atoms with E-state index in [0.29, 0.717) is 25.6 Å². The monoisotopic (exact) mass is 524 g/mol. The van der Waals surface area contributed by atoms with Crippen molar-refractivity contribution in [1.29, 1.82) is 0 Å². The topological polar surface area (TPSA) is 93.1 Å². The fourth-order valence-electron chi connectivity index (χ4n) is 4.69. The summed E-state index contributed by atoms with van der Waals surface area (Å²) in [6.07, 6.45) is 5.20. The van der Waals surface area contributed by atoms with Crippen molar-refractivity contribution in [1.82, 2.24) is 25.4 Å². The summed E-state index contributed by atoms with van der Waals surface area (Å²) in [7, 11) is 3.60. The molecule has 0 aliphatic carbocycles. The zero-order valence-electron chi connectivity index (χ0n) is 21.1. The third kappa shape index (κ3) is 5.23. The molecule has 0 fully saturated rings. The SMILES string of the molecule is COCCNCCC(=O)Nc1sc2c(c1-c1nc3cc(-c4cnn(C)c4)ccc3s1)C[C@H](C)N[C@H]2C. The molecule has 4 aromatic rings. The lowest BCUT2D eigenvalue weighted by molar-refractivity contribution is -0.116. The van der Waals surface area contributed by atoms with E-state index in [9.17, 15) is 4.79 Å². The number of hydrogen-bond acceptors (Lipinski definition) is 8. The van der Waals surface area contributed by atoms with Crippen molar-refractivity contribution in [3.8, 4) is 21.7 Å². The maximum absolute atomic E-state index is 12.8. The second-order valence-corrected chi connectivity index (χ2v) is 11.4. The number of nitrogens with zero attached hydrogens (tertiary/aromatic N) is 3. The quantitative estimate of drug-likeness (QED) is 0.278. The molecule has 1 aliphatic heterocycles. The number of aryl methyl sites for hydroxylation is 1. The average molecular weight is 525 g/mol. The molecule has 36 heavy (non-hydrogen) atoms. The molecule has 0 bridgehead atoms. The first-order valence-electron chi connectivity index (χ1n) is 12.2. The van der Waals surface area contributed by atoms with Crippen LogP contribution in [-0.2, 0) is 23.0 Å². The Hall–Kier alpha value is -2.63. The zero-order valence-corrected chi connectivity index (χ0v) is 22.7. The Morgan fingerprint density at radius 2 is 2.11 bits per heavy atom. The third-order valence-corrected chi connectivity index (χ3v) is 8.76. The number of amides is 1. The second kappa shape index (κ2) is 10.8. The highest BCUT2D eigenvalue weighted by Crippen LogP contribution is 2.47. The van der Waals surface area contributed by atoms with Crippen LogP contribution in [0.2, 0.25) is 0 Å². The van der Waals surface area contributed by atoms with Gasteiger partial charge in [0.2, 0.25) is 5.91 Å². The van der Waals surface area contributed by atoms with Gasteiger partial charge in [0, 0.05) is 68.0 Å². The molecule has 190 valence electrons. The first-order chi connectivity index (χ1) is 17.4. The van der Waals surface area contributed by atoms with Gasteiger partial charge in [0.05, 0.1) is 23.0 Å². The molecule has 0 saturated heterocycles. The van der Waals surface area contributed by atoms with Crippen molar-refractivity contribution >= 4 is 43.8 Å². The smallest absolute Gasteiger partial charge is 0.226 e. The number of rotatable bonds is 9. The lowest BCUT2D eigenvalue weighted by atomic mass is 9.95. The highest BCUT2D eigenvalue weighted by Gasteiger charge is 2.30. The van der Waals surface area contributed by atoms with E-state index in [0.717, 1.165) is 49.9 Å². The summed E-state index contributed by atoms with van der Waals surface area (Å²) < 4.78 is 7.99. The van der Waals surface area contributed by atoms with Gasteiger partial charge in [0.1, 0.15) is 10.0 Å². The Labute approximate surface area is 219 Å². The van der Waals surface area contributed by atoms with Crippen LogP contribution in [0.15, 0.2) is 30.6 Å². The number of ether oxygens (including phenoxy) is 1. The van der Waals surface area contributed by atoms with Crippen LogP contribution in [0.1, 0.15) is 36.8 Å². The van der Waals surface area contributed by atoms with Crippen LogP contribution in [0.4, 0.5) is 5.00 Å². The van der Waals surface area contributed by atoms with Crippen molar-refractivity contribution < 1.29 is 9.53 Å². The number of thiophene rings is 1. The average Bonchev–Trinajstić information content (AvgIpc) is 3.54. The molecule has 3 N–H and O–H groups in total. The summed E-state index contributed by atoms with van der Waals surface area (Å²) in [5.41, 5.74) is 5.52. The number of carbonyl (C=O) groups excluding carboxylic acids is 1. The molecule has 8 nitrogen and oxygen atoms in total. The van der Waals surface area contributed by atoms with Gasteiger partial charge in [-0.1, -0.05) is 6.07 Å². The van der Waals surface area contributed by atoms with Gasteiger partial charge in [0.15, 0.2) is 0 Å². The van der Waals surface area contributed by atoms with Gasteiger partial charge in [-0.05, 0) is 43.5 Å². The number of benzene rings is 1. The highest BCUT2D eigenvalue weighted by atomic mass is 32.1. The standard InChI is InChI=1S/C26H32N6O2S2/c1-15-11-19-23(25-30-20-12-17(5-6-21(20)35-25)18-13-28-32(3)14-18)26(36-24(19)16(2)29-15)31-22(33)7-8-27-9-10-34-4/h5-6,12-16,27,29H,7-11H2,1-4H3,(H,31,33)/t15-,16-/m0/s1. The van der Waals surface area contributed by atoms with Crippen LogP contribution in [0, 0.1) is 0 Å². The van der Waals surface area contributed by atoms with Gasteiger partial charge in [0.25, 0.3) is 0 Å². The first kappa shape index (κ1) is 25.0. The van der Waals surface area contributed by atoms with Crippen molar-refractivity contribution in [3.63, 3.8) is 0 Å². The molecule has 2 atom stereocenters. The number of aromatic nitrogens is 3. The van der Waals surface area contributed by atoms with Gasteiger partial charge in [-0.25, -0.2) is 4.98 Å². The summed E-state index contributed by atoms with van der Waals surface area (Å²) in [6, 6.07) is 6.98. The number of nitrogens with one attached hydrogen (secondary N) is 3. The van der Waals surface area contributed by atoms with E-state index >= 15 is 0 Å². The van der Waals surface area contributed by atoms with Crippen LogP contribution in [0.25, 0.3) is 31.9 Å². The summed E-state index contributed by atoms with van der Waals surface area (Å²) in [4.78, 5) is 19.2. The third-order valence-electron chi connectivity index (χ3n) is 6.38. The Morgan fingerprint density at radius 1 is 1.25 bits per heavy atom. The number of methoxy groups -OCH3 is 1. The highest BCUT2D eigenvalue weighted by molar-refractivity contribution is 7.23. The van der Waals surface area contributed by atoms with Crippen molar-refractivity contribution in [2.75, 3.05) is 32.1 Å². The molecule has 1 aromatic carbocycles. The van der Waals surface area contributed by atoms with Crippen LogP contribution in [-0.4, -0.2) is 53.5 Å². The van der Waals surface area contributed by atoms with E-state index < -0.39 is 0 Å². The van der Waals surface area contributed by atoms with Gasteiger partial charge >= 0.3 is 0 Å². The predicted molar refractivity (Wildman–Crippen MR) is 148 cm³/mol. The zero-order chi connectivity index (χ0) is 25.2. The van der Waals surface area contributed by atoms with Crippen molar-refractivity contribution in [2.24, 2.45) is 7.05 Å². The number of thiazole rings is 1. The van der Waals surface area contributed by atoms with Gasteiger partial charge in [-0.15, -0.1) is 22.7 Å². The minimum Gasteiger partial charge on any atom is -0.383 e. The van der Waals surface area contributed by atoms with Crippen molar-refractivity contribution in [3.05, 3.63) is 41.0 Å². The molecular weight excluding hydrogens is 492 g/mol. The predicted octanol–water partition coefficient (Wildman–Crippen LogP) is 4.59. The molecular formula is C26H32N6O2S2. The summed E-state index contributed by atoms with van der Waals surface area (Å²) >= 11 is 3.36. The normalized spacial score (nSPS) is 17.4. The molecule has 0 unspecified atom stereocenters. The molecule has 1 amide bonds. The van der Waals surface area contributed by atoms with Gasteiger partial charge < -0.3 is 20.7 Å². The van der Waals surface area contributed by atoms with Crippen molar-refractivity contribution in [2.45, 2.75) is 38.8 Å². The summed E-state index contributed by atoms with van der Waals surface area (Å²) in [5.74, 6) is 0.00778. The Morgan fingerprint density at radius 3 is 2.89 bits per heavy atom. The maximum Gasteiger partial charge on any atom is 0.226 e. The molecule has 5 rings (SSSR count). The van der Waals surface area contributed by atoms with Crippen LogP contribution in [0.3, 0.4) is 0 Å². The van der Waals surface area contributed by atoms with E-state index in [1.54, 1.807) is 29.8 Å². The van der Waals surface area contributed by atoms with Crippen LogP contribution >= 0.6 is 22.7 Å². The Balaban J connectivity index is 1.47. The lowest BCUT2D eigenvalue weighted by Crippen LogP contribution is -2.35. The van der Waals surface area contributed by atoms with E-state index in [1.807, 2.05) is 24.1 Å². The van der Waals surface area contributed by atoms with Gasteiger partial charge in [-0.3, -0.25) is 9.48 Å².